The van der Waals surface area contributed by atoms with Gasteiger partial charge in [-0.05, 0) is 36.8 Å². The Morgan fingerprint density at radius 2 is 1.81 bits per heavy atom. The Balaban J connectivity index is 2.06. The molecule has 2 amide bonds. The summed E-state index contributed by atoms with van der Waals surface area (Å²) in [7, 11) is 3.07. The number of methoxy groups -OCH3 is 2. The van der Waals surface area contributed by atoms with Crippen LogP contribution in [0.15, 0.2) is 47.4 Å². The van der Waals surface area contributed by atoms with E-state index in [4.69, 9.17) is 14.6 Å². The van der Waals surface area contributed by atoms with E-state index in [1.54, 1.807) is 43.5 Å². The summed E-state index contributed by atoms with van der Waals surface area (Å²) in [4.78, 5) is 36.1. The highest BCUT2D eigenvalue weighted by atomic mass is 32.2. The van der Waals surface area contributed by atoms with Gasteiger partial charge in [-0.3, -0.25) is 14.4 Å². The molecular weight excluding hydrogens is 420 g/mol. The molecule has 0 heterocycles. The molecule has 2 aromatic carbocycles. The average molecular weight is 447 g/mol. The van der Waals surface area contributed by atoms with Crippen LogP contribution in [0.1, 0.15) is 26.2 Å². The standard InChI is InChI=1S/C22H26N2O6S/c1-4-19(22(28)24-17-13-15(29-2)8-9-18(17)30-3)31-16-7-5-6-14(12-16)23-20(25)10-11-21(26)27/h5-9,12-13,19H,4,10-11H2,1-3H3,(H,23,25)(H,24,28)(H,26,27). The van der Waals surface area contributed by atoms with Crippen LogP contribution in [-0.2, 0) is 14.4 Å². The molecule has 0 fully saturated rings. The van der Waals surface area contributed by atoms with Crippen LogP contribution in [0.4, 0.5) is 11.4 Å². The van der Waals surface area contributed by atoms with E-state index < -0.39 is 5.97 Å². The molecule has 0 aliphatic rings. The van der Waals surface area contributed by atoms with E-state index in [0.717, 1.165) is 4.90 Å². The molecule has 2 aromatic rings. The third kappa shape index (κ3) is 7.53. The van der Waals surface area contributed by atoms with Gasteiger partial charge < -0.3 is 25.2 Å². The smallest absolute Gasteiger partial charge is 0.303 e. The van der Waals surface area contributed by atoms with Crippen LogP contribution < -0.4 is 20.1 Å². The van der Waals surface area contributed by atoms with Crippen molar-refractivity contribution in [2.45, 2.75) is 36.3 Å². The number of amides is 2. The number of carbonyl (C=O) groups excluding carboxylic acids is 2. The van der Waals surface area contributed by atoms with E-state index in [9.17, 15) is 14.4 Å². The normalized spacial score (nSPS) is 11.3. The molecule has 0 spiro atoms. The second kappa shape index (κ2) is 11.8. The summed E-state index contributed by atoms with van der Waals surface area (Å²) < 4.78 is 10.5. The predicted octanol–water partition coefficient (Wildman–Crippen LogP) is 4.02. The zero-order valence-corrected chi connectivity index (χ0v) is 18.5. The van der Waals surface area contributed by atoms with Crippen molar-refractivity contribution in [3.05, 3.63) is 42.5 Å². The van der Waals surface area contributed by atoms with Gasteiger partial charge in [-0.1, -0.05) is 13.0 Å². The van der Waals surface area contributed by atoms with Crippen molar-refractivity contribution in [3.63, 3.8) is 0 Å². The molecule has 0 saturated heterocycles. The van der Waals surface area contributed by atoms with Crippen molar-refractivity contribution in [3.8, 4) is 11.5 Å². The lowest BCUT2D eigenvalue weighted by atomic mass is 10.2. The molecule has 31 heavy (non-hydrogen) atoms. The molecule has 2 rings (SSSR count). The number of carbonyl (C=O) groups is 3. The predicted molar refractivity (Wildman–Crippen MR) is 120 cm³/mol. The summed E-state index contributed by atoms with van der Waals surface area (Å²) in [6.07, 6.45) is 0.249. The number of thioether (sulfide) groups is 1. The van der Waals surface area contributed by atoms with Gasteiger partial charge in [0, 0.05) is 23.1 Å². The number of benzene rings is 2. The Morgan fingerprint density at radius 3 is 2.45 bits per heavy atom. The maximum Gasteiger partial charge on any atom is 0.303 e. The zero-order valence-electron chi connectivity index (χ0n) is 17.6. The Morgan fingerprint density at radius 1 is 1.03 bits per heavy atom. The molecule has 3 N–H and O–H groups in total. The van der Waals surface area contributed by atoms with Crippen LogP contribution in [0.3, 0.4) is 0 Å². The second-order valence-corrected chi connectivity index (χ2v) is 7.82. The first-order valence-corrected chi connectivity index (χ1v) is 10.6. The zero-order chi connectivity index (χ0) is 22.8. The topological polar surface area (TPSA) is 114 Å². The van der Waals surface area contributed by atoms with Gasteiger partial charge in [-0.25, -0.2) is 0 Å². The van der Waals surface area contributed by atoms with Crippen LogP contribution in [0.25, 0.3) is 0 Å². The third-order valence-electron chi connectivity index (χ3n) is 4.29. The van der Waals surface area contributed by atoms with Gasteiger partial charge in [0.2, 0.25) is 11.8 Å². The molecule has 0 radical (unpaired) electrons. The highest BCUT2D eigenvalue weighted by Gasteiger charge is 2.20. The molecule has 0 aromatic heterocycles. The lowest BCUT2D eigenvalue weighted by Crippen LogP contribution is -2.24. The van der Waals surface area contributed by atoms with Gasteiger partial charge in [0.05, 0.1) is 31.6 Å². The average Bonchev–Trinajstić information content (AvgIpc) is 2.76. The minimum Gasteiger partial charge on any atom is -0.497 e. The third-order valence-corrected chi connectivity index (χ3v) is 5.65. The van der Waals surface area contributed by atoms with E-state index in [1.807, 2.05) is 13.0 Å². The molecule has 0 aliphatic heterocycles. The van der Waals surface area contributed by atoms with Crippen LogP contribution in [0.2, 0.25) is 0 Å². The molecule has 166 valence electrons. The molecule has 0 bridgehead atoms. The van der Waals surface area contributed by atoms with Crippen molar-refractivity contribution >= 4 is 40.9 Å². The SMILES string of the molecule is CCC(Sc1cccc(NC(=O)CCC(=O)O)c1)C(=O)Nc1cc(OC)ccc1OC. The fourth-order valence-electron chi connectivity index (χ4n) is 2.70. The fourth-order valence-corrected chi connectivity index (χ4v) is 3.72. The Hall–Kier alpha value is -3.20. The summed E-state index contributed by atoms with van der Waals surface area (Å²) >= 11 is 1.37. The van der Waals surface area contributed by atoms with Gasteiger partial charge in [0.1, 0.15) is 11.5 Å². The monoisotopic (exact) mass is 446 g/mol. The van der Waals surface area contributed by atoms with Crippen LogP contribution in [0, 0.1) is 0 Å². The molecule has 9 heteroatoms. The van der Waals surface area contributed by atoms with E-state index in [0.29, 0.717) is 29.3 Å². The quantitative estimate of drug-likeness (QED) is 0.447. The lowest BCUT2D eigenvalue weighted by molar-refractivity contribution is -0.138. The van der Waals surface area contributed by atoms with Gasteiger partial charge >= 0.3 is 5.97 Å². The number of carboxylic acid groups (broad SMARTS) is 1. The highest BCUT2D eigenvalue weighted by molar-refractivity contribution is 8.00. The van der Waals surface area contributed by atoms with Gasteiger partial charge in [0.15, 0.2) is 0 Å². The molecule has 1 unspecified atom stereocenters. The van der Waals surface area contributed by atoms with Crippen molar-refractivity contribution < 1.29 is 29.0 Å². The number of anilines is 2. The summed E-state index contributed by atoms with van der Waals surface area (Å²) in [5, 5.41) is 13.9. The van der Waals surface area contributed by atoms with E-state index in [1.165, 1.54) is 18.9 Å². The number of aliphatic carboxylic acids is 1. The molecular formula is C22H26N2O6S. The number of nitrogens with one attached hydrogen (secondary N) is 2. The lowest BCUT2D eigenvalue weighted by Gasteiger charge is -2.17. The Bertz CT molecular complexity index is 934. The molecule has 8 nitrogen and oxygen atoms in total. The van der Waals surface area contributed by atoms with E-state index in [2.05, 4.69) is 10.6 Å². The Kier molecular flexibility index (Phi) is 9.20. The number of rotatable bonds is 11. The Labute approximate surface area is 185 Å². The minimum atomic E-state index is -1.02. The number of hydrogen-bond donors (Lipinski definition) is 3. The van der Waals surface area contributed by atoms with Gasteiger partial charge in [-0.15, -0.1) is 11.8 Å². The molecule has 1 atom stereocenters. The van der Waals surface area contributed by atoms with Gasteiger partial charge in [-0.2, -0.15) is 0 Å². The first-order valence-electron chi connectivity index (χ1n) is 9.67. The van der Waals surface area contributed by atoms with Crippen LogP contribution >= 0.6 is 11.8 Å². The molecule has 0 aliphatic carbocycles. The van der Waals surface area contributed by atoms with E-state index in [-0.39, 0.29) is 29.9 Å². The highest BCUT2D eigenvalue weighted by Crippen LogP contribution is 2.32. The largest absolute Gasteiger partial charge is 0.497 e. The summed E-state index contributed by atoms with van der Waals surface area (Å²) in [6.45, 7) is 1.91. The van der Waals surface area contributed by atoms with Gasteiger partial charge in [0.25, 0.3) is 0 Å². The fraction of sp³-hybridized carbons (Fsp3) is 0.318. The first kappa shape index (κ1) is 24.1. The van der Waals surface area contributed by atoms with Crippen LogP contribution in [0.5, 0.6) is 11.5 Å². The maximum absolute atomic E-state index is 12.9. The first-order chi connectivity index (χ1) is 14.9. The van der Waals surface area contributed by atoms with Crippen molar-refractivity contribution in [2.24, 2.45) is 0 Å². The number of hydrogen-bond acceptors (Lipinski definition) is 6. The van der Waals surface area contributed by atoms with Crippen molar-refractivity contribution in [2.75, 3.05) is 24.9 Å². The summed E-state index contributed by atoms with van der Waals surface area (Å²) in [5.41, 5.74) is 1.07. The second-order valence-electron chi connectivity index (χ2n) is 6.54. The summed E-state index contributed by atoms with van der Waals surface area (Å²) in [6, 6.07) is 12.2. The maximum atomic E-state index is 12.9. The minimum absolute atomic E-state index is 0.102. The van der Waals surface area contributed by atoms with Crippen molar-refractivity contribution in [1.29, 1.82) is 0 Å². The van der Waals surface area contributed by atoms with E-state index >= 15 is 0 Å². The molecule has 0 saturated carbocycles. The van der Waals surface area contributed by atoms with Crippen LogP contribution in [-0.4, -0.2) is 42.4 Å². The summed E-state index contributed by atoms with van der Waals surface area (Å²) in [5.74, 6) is -0.457. The number of carboxylic acids is 1. The number of ether oxygens (including phenoxy) is 2. The van der Waals surface area contributed by atoms with Crippen molar-refractivity contribution in [1.82, 2.24) is 0 Å².